The van der Waals surface area contributed by atoms with Crippen molar-refractivity contribution in [1.82, 2.24) is 5.32 Å². The van der Waals surface area contributed by atoms with Gasteiger partial charge in [0.05, 0.1) is 11.6 Å². The van der Waals surface area contributed by atoms with Gasteiger partial charge in [0.15, 0.2) is 0 Å². The summed E-state index contributed by atoms with van der Waals surface area (Å²) >= 11 is 12.6. The highest BCUT2D eigenvalue weighted by atomic mass is 35.5. The summed E-state index contributed by atoms with van der Waals surface area (Å²) in [4.78, 5) is 0. The average Bonchev–Trinajstić information content (AvgIpc) is 2.32. The lowest BCUT2D eigenvalue weighted by Gasteiger charge is -2.22. The van der Waals surface area contributed by atoms with Crippen LogP contribution >= 0.6 is 23.2 Å². The minimum atomic E-state index is 0.227. The van der Waals surface area contributed by atoms with Gasteiger partial charge in [0.1, 0.15) is 5.75 Å². The molecule has 1 aromatic carbocycles. The monoisotopic (exact) mass is 303 g/mol. The second kappa shape index (κ2) is 7.98. The van der Waals surface area contributed by atoms with Crippen LogP contribution < -0.4 is 10.1 Å². The summed E-state index contributed by atoms with van der Waals surface area (Å²) in [6.45, 7) is 9.91. The Morgan fingerprint density at radius 2 is 1.84 bits per heavy atom. The first kappa shape index (κ1) is 16.6. The van der Waals surface area contributed by atoms with Gasteiger partial charge in [0, 0.05) is 17.1 Å². The van der Waals surface area contributed by atoms with Crippen molar-refractivity contribution >= 4 is 23.2 Å². The molecule has 0 amide bonds. The van der Waals surface area contributed by atoms with E-state index in [2.05, 4.69) is 26.1 Å². The van der Waals surface area contributed by atoms with E-state index in [-0.39, 0.29) is 6.04 Å². The number of ether oxygens (including phenoxy) is 1. The zero-order valence-corrected chi connectivity index (χ0v) is 13.6. The minimum absolute atomic E-state index is 0.227. The van der Waals surface area contributed by atoms with E-state index in [4.69, 9.17) is 27.9 Å². The Balaban J connectivity index is 3.05. The molecule has 4 heteroatoms. The molecule has 0 bridgehead atoms. The predicted octanol–water partition coefficient (Wildman–Crippen LogP) is 5.09. The Labute approximate surface area is 126 Å². The van der Waals surface area contributed by atoms with Crippen molar-refractivity contribution in [2.75, 3.05) is 13.2 Å². The summed E-state index contributed by atoms with van der Waals surface area (Å²) in [5.74, 6) is 1.24. The molecule has 1 N–H and O–H groups in total. The molecule has 1 unspecified atom stereocenters. The maximum Gasteiger partial charge on any atom is 0.139 e. The maximum absolute atomic E-state index is 6.37. The van der Waals surface area contributed by atoms with Gasteiger partial charge in [-0.05, 0) is 37.4 Å². The summed E-state index contributed by atoms with van der Waals surface area (Å²) in [7, 11) is 0. The van der Waals surface area contributed by atoms with Crippen molar-refractivity contribution in [3.63, 3.8) is 0 Å². The summed E-state index contributed by atoms with van der Waals surface area (Å²) in [6.07, 6.45) is 1.03. The Morgan fingerprint density at radius 3 is 2.37 bits per heavy atom. The molecule has 0 fully saturated rings. The molecule has 0 aliphatic heterocycles. The normalized spacial score (nSPS) is 12.8. The summed E-state index contributed by atoms with van der Waals surface area (Å²) in [5.41, 5.74) is 1.05. The van der Waals surface area contributed by atoms with Crippen LogP contribution in [0.1, 0.15) is 45.7 Å². The summed E-state index contributed by atoms with van der Waals surface area (Å²) in [6, 6.07) is 3.96. The van der Waals surface area contributed by atoms with Crippen LogP contribution in [0.15, 0.2) is 12.1 Å². The fourth-order valence-electron chi connectivity index (χ4n) is 2.12. The molecule has 0 aromatic heterocycles. The lowest BCUT2D eigenvalue weighted by molar-refractivity contribution is 0.340. The number of benzene rings is 1. The zero-order valence-electron chi connectivity index (χ0n) is 12.1. The first-order valence-corrected chi connectivity index (χ1v) is 7.60. The third kappa shape index (κ3) is 4.87. The van der Waals surface area contributed by atoms with Gasteiger partial charge >= 0.3 is 0 Å². The second-order valence-corrected chi connectivity index (χ2v) is 5.79. The standard InChI is InChI=1S/C15H23Cl2NO/c1-5-18-14(7-10(3)4)11-8-13(17)15(19-6-2)9-12(11)16/h8-10,14,18H,5-7H2,1-4H3. The van der Waals surface area contributed by atoms with Crippen molar-refractivity contribution in [1.29, 1.82) is 0 Å². The lowest BCUT2D eigenvalue weighted by Crippen LogP contribution is -2.22. The van der Waals surface area contributed by atoms with Gasteiger partial charge in [-0.25, -0.2) is 0 Å². The van der Waals surface area contributed by atoms with Gasteiger partial charge in [-0.15, -0.1) is 0 Å². The molecule has 108 valence electrons. The van der Waals surface area contributed by atoms with Crippen LogP contribution in [0.2, 0.25) is 10.0 Å². The second-order valence-electron chi connectivity index (χ2n) is 4.98. The molecule has 0 heterocycles. The summed E-state index contributed by atoms with van der Waals surface area (Å²) < 4.78 is 5.46. The van der Waals surface area contributed by atoms with Crippen molar-refractivity contribution in [2.45, 2.75) is 40.2 Å². The van der Waals surface area contributed by atoms with Gasteiger partial charge in [-0.1, -0.05) is 44.0 Å². The van der Waals surface area contributed by atoms with Crippen LogP contribution in [0.25, 0.3) is 0 Å². The molecule has 0 saturated carbocycles. The Hall–Kier alpha value is -0.440. The molecule has 0 spiro atoms. The van der Waals surface area contributed by atoms with Crippen molar-refractivity contribution < 1.29 is 4.74 Å². The van der Waals surface area contributed by atoms with E-state index in [1.165, 1.54) is 0 Å². The third-order valence-electron chi connectivity index (χ3n) is 2.88. The molecule has 0 aliphatic carbocycles. The van der Waals surface area contributed by atoms with Crippen LogP contribution in [0, 0.1) is 5.92 Å². The van der Waals surface area contributed by atoms with Gasteiger partial charge < -0.3 is 10.1 Å². The smallest absolute Gasteiger partial charge is 0.139 e. The number of rotatable bonds is 7. The summed E-state index contributed by atoms with van der Waals surface area (Å²) in [5, 5.41) is 4.79. The Kier molecular flexibility index (Phi) is 6.98. The average molecular weight is 304 g/mol. The van der Waals surface area contributed by atoms with E-state index in [9.17, 15) is 0 Å². The van der Waals surface area contributed by atoms with Crippen LogP contribution in [0.5, 0.6) is 5.75 Å². The largest absolute Gasteiger partial charge is 0.492 e. The van der Waals surface area contributed by atoms with Crippen LogP contribution in [0.4, 0.5) is 0 Å². The highest BCUT2D eigenvalue weighted by Gasteiger charge is 2.18. The molecule has 1 rings (SSSR count). The van der Waals surface area contributed by atoms with Crippen LogP contribution in [0.3, 0.4) is 0 Å². The first-order valence-electron chi connectivity index (χ1n) is 6.84. The maximum atomic E-state index is 6.37. The molecule has 0 saturated heterocycles. The molecule has 1 aromatic rings. The quantitative estimate of drug-likeness (QED) is 0.757. The van der Waals surface area contributed by atoms with Crippen LogP contribution in [-0.2, 0) is 0 Å². The van der Waals surface area contributed by atoms with E-state index in [1.807, 2.05) is 19.1 Å². The molecular weight excluding hydrogens is 281 g/mol. The highest BCUT2D eigenvalue weighted by molar-refractivity contribution is 6.34. The Bertz CT molecular complexity index is 407. The number of hydrogen-bond donors (Lipinski definition) is 1. The van der Waals surface area contributed by atoms with E-state index >= 15 is 0 Å². The molecular formula is C15H23Cl2NO. The topological polar surface area (TPSA) is 21.3 Å². The third-order valence-corrected chi connectivity index (χ3v) is 3.51. The fraction of sp³-hybridized carbons (Fsp3) is 0.600. The van der Waals surface area contributed by atoms with Crippen molar-refractivity contribution in [2.24, 2.45) is 5.92 Å². The SMILES string of the molecule is CCNC(CC(C)C)c1cc(Cl)c(OCC)cc1Cl. The Morgan fingerprint density at radius 1 is 1.16 bits per heavy atom. The lowest BCUT2D eigenvalue weighted by atomic mass is 9.96. The van der Waals surface area contributed by atoms with Gasteiger partial charge in [0.2, 0.25) is 0 Å². The van der Waals surface area contributed by atoms with Gasteiger partial charge in [-0.2, -0.15) is 0 Å². The fourth-order valence-corrected chi connectivity index (χ4v) is 2.63. The molecule has 0 radical (unpaired) electrons. The number of nitrogens with one attached hydrogen (secondary N) is 1. The van der Waals surface area contributed by atoms with Crippen molar-refractivity contribution in [3.05, 3.63) is 27.7 Å². The van der Waals surface area contributed by atoms with Gasteiger partial charge in [0.25, 0.3) is 0 Å². The van der Waals surface area contributed by atoms with E-state index in [0.717, 1.165) is 18.5 Å². The molecule has 1 atom stereocenters. The highest BCUT2D eigenvalue weighted by Crippen LogP contribution is 2.36. The predicted molar refractivity (Wildman–Crippen MR) is 83.5 cm³/mol. The van der Waals surface area contributed by atoms with Crippen molar-refractivity contribution in [3.8, 4) is 5.75 Å². The van der Waals surface area contributed by atoms with E-state index in [0.29, 0.717) is 28.3 Å². The van der Waals surface area contributed by atoms with E-state index in [1.54, 1.807) is 0 Å². The number of hydrogen-bond acceptors (Lipinski definition) is 2. The van der Waals surface area contributed by atoms with E-state index < -0.39 is 0 Å². The van der Waals surface area contributed by atoms with Crippen LogP contribution in [-0.4, -0.2) is 13.2 Å². The number of halogens is 2. The van der Waals surface area contributed by atoms with Gasteiger partial charge in [-0.3, -0.25) is 0 Å². The minimum Gasteiger partial charge on any atom is -0.492 e. The first-order chi connectivity index (χ1) is 8.99. The molecule has 19 heavy (non-hydrogen) atoms. The molecule has 0 aliphatic rings. The zero-order chi connectivity index (χ0) is 14.4. The molecule has 2 nitrogen and oxygen atoms in total.